The van der Waals surface area contributed by atoms with E-state index in [9.17, 15) is 8.42 Å². The lowest BCUT2D eigenvalue weighted by molar-refractivity contribution is 0.110. The minimum absolute atomic E-state index is 0.123. The van der Waals surface area contributed by atoms with Crippen LogP contribution >= 0.6 is 0 Å². The van der Waals surface area contributed by atoms with E-state index in [1.54, 1.807) is 13.1 Å². The number of nitrogens with two attached hydrogens (primary N) is 1. The number of sulfonamides is 1. The molecule has 1 aromatic rings. The van der Waals surface area contributed by atoms with Crippen molar-refractivity contribution in [2.75, 3.05) is 13.1 Å². The van der Waals surface area contributed by atoms with Crippen molar-refractivity contribution in [3.63, 3.8) is 0 Å². The molecule has 0 unspecified atom stereocenters. The topological polar surface area (TPSA) is 81.2 Å². The van der Waals surface area contributed by atoms with Crippen LogP contribution in [0.2, 0.25) is 0 Å². The lowest BCUT2D eigenvalue weighted by Gasteiger charge is -2.48. The van der Waals surface area contributed by atoms with E-state index in [2.05, 4.69) is 4.98 Å². The van der Waals surface area contributed by atoms with Crippen molar-refractivity contribution in [1.29, 1.82) is 0 Å². The van der Waals surface area contributed by atoms with Crippen LogP contribution in [0.4, 0.5) is 0 Å². The second kappa shape index (κ2) is 4.57. The van der Waals surface area contributed by atoms with Crippen molar-refractivity contribution in [2.24, 2.45) is 11.7 Å². The molecule has 0 aliphatic carbocycles. The van der Waals surface area contributed by atoms with Gasteiger partial charge in [0.25, 0.3) is 10.0 Å². The molecule has 0 radical (unpaired) electrons. The van der Waals surface area contributed by atoms with Gasteiger partial charge in [0.15, 0.2) is 5.03 Å². The van der Waals surface area contributed by atoms with E-state index in [4.69, 9.17) is 5.73 Å². The molecule has 2 N–H and O–H groups in total. The number of aryl methyl sites for hydroxylation is 2. The fourth-order valence-corrected chi connectivity index (χ4v) is 3.79. The Hall–Kier alpha value is -0.920. The van der Waals surface area contributed by atoms with Crippen LogP contribution in [-0.4, -0.2) is 40.9 Å². The van der Waals surface area contributed by atoms with Crippen LogP contribution in [0, 0.1) is 12.8 Å². The summed E-state index contributed by atoms with van der Waals surface area (Å²) in [4.78, 5) is 4.14. The average Bonchev–Trinajstić information content (AvgIpc) is 2.66. The van der Waals surface area contributed by atoms with Crippen molar-refractivity contribution in [3.05, 3.63) is 12.0 Å². The van der Waals surface area contributed by atoms with Gasteiger partial charge in [-0.05, 0) is 19.8 Å². The largest absolute Gasteiger partial charge is 0.334 e. The third-order valence-electron chi connectivity index (χ3n) is 3.99. The Morgan fingerprint density at radius 1 is 1.47 bits per heavy atom. The molecular formula is C12H22N4O2S. The molecule has 19 heavy (non-hydrogen) atoms. The molecule has 1 aliphatic heterocycles. The van der Waals surface area contributed by atoms with Gasteiger partial charge in [-0.15, -0.1) is 0 Å². The Balaban J connectivity index is 2.21. The minimum atomic E-state index is -3.50. The first-order valence-corrected chi connectivity index (χ1v) is 7.97. The molecule has 108 valence electrons. The molecule has 1 aromatic heterocycles. The van der Waals surface area contributed by atoms with Gasteiger partial charge in [-0.2, -0.15) is 4.31 Å². The van der Waals surface area contributed by atoms with Crippen molar-refractivity contribution in [3.8, 4) is 0 Å². The summed E-state index contributed by atoms with van der Waals surface area (Å²) in [5.41, 5.74) is 5.73. The first-order chi connectivity index (χ1) is 8.70. The molecule has 2 rings (SSSR count). The van der Waals surface area contributed by atoms with Crippen molar-refractivity contribution < 1.29 is 8.42 Å². The summed E-state index contributed by atoms with van der Waals surface area (Å²) in [6.07, 6.45) is 1.59. The zero-order chi connectivity index (χ0) is 14.4. The van der Waals surface area contributed by atoms with E-state index >= 15 is 0 Å². The maximum Gasteiger partial charge on any atom is 0.262 e. The van der Waals surface area contributed by atoms with E-state index in [1.807, 2.05) is 25.3 Å². The third-order valence-corrected chi connectivity index (χ3v) is 5.65. The Bertz CT molecular complexity index is 571. The van der Waals surface area contributed by atoms with Crippen molar-refractivity contribution in [2.45, 2.75) is 44.8 Å². The van der Waals surface area contributed by atoms with Gasteiger partial charge in [-0.3, -0.25) is 0 Å². The monoisotopic (exact) mass is 286 g/mol. The van der Waals surface area contributed by atoms with Crippen LogP contribution in [0.5, 0.6) is 0 Å². The van der Waals surface area contributed by atoms with Gasteiger partial charge in [0.1, 0.15) is 5.82 Å². The Labute approximate surface area is 114 Å². The predicted octanol–water partition coefficient (Wildman–Crippen LogP) is 0.569. The molecule has 0 saturated carbocycles. The highest BCUT2D eigenvalue weighted by atomic mass is 32.2. The van der Waals surface area contributed by atoms with Gasteiger partial charge in [-0.1, -0.05) is 13.8 Å². The minimum Gasteiger partial charge on any atom is -0.334 e. The molecule has 7 heteroatoms. The van der Waals surface area contributed by atoms with E-state index in [0.29, 0.717) is 25.5 Å². The van der Waals surface area contributed by atoms with Gasteiger partial charge in [0.05, 0.1) is 0 Å². The summed E-state index contributed by atoms with van der Waals surface area (Å²) in [6, 6.07) is 0. The van der Waals surface area contributed by atoms with E-state index in [1.165, 1.54) is 4.31 Å². The van der Waals surface area contributed by atoms with Crippen molar-refractivity contribution >= 4 is 10.0 Å². The van der Waals surface area contributed by atoms with Crippen LogP contribution < -0.4 is 5.73 Å². The lowest BCUT2D eigenvalue weighted by atomic mass is 9.82. The fraction of sp³-hybridized carbons (Fsp3) is 0.750. The zero-order valence-corrected chi connectivity index (χ0v) is 12.7. The molecule has 2 heterocycles. The van der Waals surface area contributed by atoms with Gasteiger partial charge < -0.3 is 10.3 Å². The number of aromatic nitrogens is 2. The quantitative estimate of drug-likeness (QED) is 0.877. The highest BCUT2D eigenvalue weighted by Gasteiger charge is 2.48. The molecule has 0 atom stereocenters. The predicted molar refractivity (Wildman–Crippen MR) is 73.2 cm³/mol. The Morgan fingerprint density at radius 3 is 2.47 bits per heavy atom. The summed E-state index contributed by atoms with van der Waals surface area (Å²) in [5, 5.41) is 0.123. The van der Waals surface area contributed by atoms with Crippen LogP contribution in [0.25, 0.3) is 0 Å². The van der Waals surface area contributed by atoms with Gasteiger partial charge in [0, 0.05) is 31.4 Å². The normalized spacial score (nSPS) is 19.7. The summed E-state index contributed by atoms with van der Waals surface area (Å²) in [6.45, 7) is 9.23. The summed E-state index contributed by atoms with van der Waals surface area (Å²) >= 11 is 0. The summed E-state index contributed by atoms with van der Waals surface area (Å²) in [5.74, 6) is 0.971. The number of hydrogen-bond donors (Lipinski definition) is 1. The van der Waals surface area contributed by atoms with Crippen LogP contribution in [0.3, 0.4) is 0 Å². The first-order valence-electron chi connectivity index (χ1n) is 6.53. The molecule has 0 bridgehead atoms. The van der Waals surface area contributed by atoms with E-state index < -0.39 is 15.6 Å². The first kappa shape index (κ1) is 14.5. The lowest BCUT2D eigenvalue weighted by Crippen LogP contribution is -2.70. The van der Waals surface area contributed by atoms with E-state index in [-0.39, 0.29) is 10.9 Å². The summed E-state index contributed by atoms with van der Waals surface area (Å²) < 4.78 is 28.0. The van der Waals surface area contributed by atoms with Crippen LogP contribution in [0.15, 0.2) is 11.2 Å². The molecule has 6 nitrogen and oxygen atoms in total. The van der Waals surface area contributed by atoms with Crippen LogP contribution in [-0.2, 0) is 16.6 Å². The van der Waals surface area contributed by atoms with Crippen LogP contribution in [0.1, 0.15) is 26.6 Å². The maximum absolute atomic E-state index is 12.4. The SMILES string of the molecule is CCn1cc(S(=O)(=O)N2CC(N)(C(C)C)C2)nc1C. The molecule has 0 spiro atoms. The smallest absolute Gasteiger partial charge is 0.262 e. The molecule has 0 aromatic carbocycles. The molecule has 0 amide bonds. The highest BCUT2D eigenvalue weighted by molar-refractivity contribution is 7.89. The number of imidazole rings is 1. The van der Waals surface area contributed by atoms with Gasteiger partial charge in [-0.25, -0.2) is 13.4 Å². The Morgan fingerprint density at radius 2 is 2.05 bits per heavy atom. The second-order valence-corrected chi connectivity index (χ2v) is 7.46. The molecule has 1 saturated heterocycles. The van der Waals surface area contributed by atoms with Gasteiger partial charge in [0.2, 0.25) is 0 Å². The third kappa shape index (κ3) is 2.30. The fourth-order valence-electron chi connectivity index (χ4n) is 2.20. The standard InChI is InChI=1S/C12H22N4O2S/c1-5-15-6-11(14-10(15)4)19(17,18)16-7-12(13,8-16)9(2)3/h6,9H,5,7-8,13H2,1-4H3. The molecular weight excluding hydrogens is 264 g/mol. The second-order valence-electron chi connectivity index (χ2n) is 5.57. The highest BCUT2D eigenvalue weighted by Crippen LogP contribution is 2.31. The number of rotatable bonds is 4. The number of nitrogens with zero attached hydrogens (tertiary/aromatic N) is 3. The van der Waals surface area contributed by atoms with E-state index in [0.717, 1.165) is 0 Å². The molecule has 1 fully saturated rings. The van der Waals surface area contributed by atoms with Gasteiger partial charge >= 0.3 is 0 Å². The molecule has 1 aliphatic rings. The maximum atomic E-state index is 12.4. The Kier molecular flexibility index (Phi) is 3.49. The summed E-state index contributed by atoms with van der Waals surface area (Å²) in [7, 11) is -3.50. The zero-order valence-electron chi connectivity index (χ0n) is 11.9. The average molecular weight is 286 g/mol. The number of hydrogen-bond acceptors (Lipinski definition) is 4. The van der Waals surface area contributed by atoms with Crippen molar-refractivity contribution in [1.82, 2.24) is 13.9 Å².